The van der Waals surface area contributed by atoms with Gasteiger partial charge in [0.05, 0.1) is 23.1 Å². The Morgan fingerprint density at radius 1 is 1.23 bits per heavy atom. The number of hydrogen-bond donors (Lipinski definition) is 0. The Labute approximate surface area is 153 Å². The van der Waals surface area contributed by atoms with Gasteiger partial charge in [-0.2, -0.15) is 14.6 Å². The predicted molar refractivity (Wildman–Crippen MR) is 95.1 cm³/mol. The minimum atomic E-state index is -3.62. The summed E-state index contributed by atoms with van der Waals surface area (Å²) in [6.45, 7) is 4.38. The summed E-state index contributed by atoms with van der Waals surface area (Å²) in [5, 5.41) is 8.86. The van der Waals surface area contributed by atoms with E-state index in [1.54, 1.807) is 13.0 Å². The van der Waals surface area contributed by atoms with E-state index in [-0.39, 0.29) is 17.5 Å². The van der Waals surface area contributed by atoms with Crippen LogP contribution in [0, 0.1) is 25.2 Å². The number of aryl methyl sites for hydroxylation is 2. The van der Waals surface area contributed by atoms with Crippen LogP contribution in [0.1, 0.15) is 29.9 Å². The number of benzene rings is 1. The average Bonchev–Trinajstić information content (AvgIpc) is 2.61. The maximum absolute atomic E-state index is 12.9. The van der Waals surface area contributed by atoms with Crippen molar-refractivity contribution in [3.63, 3.8) is 0 Å². The Morgan fingerprint density at radius 3 is 2.62 bits per heavy atom. The van der Waals surface area contributed by atoms with Crippen molar-refractivity contribution in [2.75, 3.05) is 13.1 Å². The molecular weight excluding hydrogens is 352 g/mol. The van der Waals surface area contributed by atoms with Gasteiger partial charge < -0.3 is 4.74 Å². The molecule has 0 bridgehead atoms. The Hall–Kier alpha value is -2.50. The van der Waals surface area contributed by atoms with Crippen LogP contribution >= 0.6 is 0 Å². The largest absolute Gasteiger partial charge is 0.473 e. The molecule has 0 saturated carbocycles. The average molecular weight is 372 g/mol. The molecule has 1 aromatic heterocycles. The first kappa shape index (κ1) is 18.3. The first-order valence-corrected chi connectivity index (χ1v) is 9.82. The molecule has 0 N–H and O–H groups in total. The second-order valence-electron chi connectivity index (χ2n) is 6.28. The van der Waals surface area contributed by atoms with Crippen LogP contribution in [0.5, 0.6) is 5.88 Å². The molecule has 2 aromatic rings. The third-order valence-electron chi connectivity index (χ3n) is 4.19. The number of hydrogen-bond acceptors (Lipinski definition) is 6. The Bertz CT molecular complexity index is 916. The number of nitrogens with zero attached hydrogens (tertiary/aromatic N) is 4. The van der Waals surface area contributed by atoms with Crippen molar-refractivity contribution in [3.8, 4) is 11.9 Å². The van der Waals surface area contributed by atoms with Gasteiger partial charge in [0.1, 0.15) is 11.9 Å². The molecule has 1 unspecified atom stereocenters. The zero-order valence-corrected chi connectivity index (χ0v) is 15.5. The van der Waals surface area contributed by atoms with Crippen molar-refractivity contribution < 1.29 is 13.2 Å². The number of piperidine rings is 1. The van der Waals surface area contributed by atoms with Crippen LogP contribution in [0.25, 0.3) is 0 Å². The first-order valence-electron chi connectivity index (χ1n) is 8.38. The Kier molecular flexibility index (Phi) is 5.20. The maximum Gasteiger partial charge on any atom is 0.243 e. The predicted octanol–water partition coefficient (Wildman–Crippen LogP) is 2.20. The lowest BCUT2D eigenvalue weighted by atomic mass is 10.1. The third kappa shape index (κ3) is 4.00. The smallest absolute Gasteiger partial charge is 0.243 e. The topological polar surface area (TPSA) is 96.2 Å². The van der Waals surface area contributed by atoms with Gasteiger partial charge in [-0.3, -0.25) is 0 Å². The summed E-state index contributed by atoms with van der Waals surface area (Å²) < 4.78 is 33.1. The monoisotopic (exact) mass is 372 g/mol. The van der Waals surface area contributed by atoms with Gasteiger partial charge in [-0.05, 0) is 51.0 Å². The molecule has 1 aliphatic heterocycles. The van der Waals surface area contributed by atoms with Gasteiger partial charge >= 0.3 is 0 Å². The summed E-state index contributed by atoms with van der Waals surface area (Å²) in [5.41, 5.74) is 1.24. The van der Waals surface area contributed by atoms with Crippen molar-refractivity contribution in [1.82, 2.24) is 14.3 Å². The molecule has 0 radical (unpaired) electrons. The maximum atomic E-state index is 12.9. The molecule has 1 atom stereocenters. The molecule has 1 fully saturated rings. The highest BCUT2D eigenvalue weighted by molar-refractivity contribution is 7.89. The molecule has 136 valence electrons. The van der Waals surface area contributed by atoms with E-state index in [1.165, 1.54) is 28.6 Å². The van der Waals surface area contributed by atoms with Gasteiger partial charge in [0, 0.05) is 18.3 Å². The summed E-state index contributed by atoms with van der Waals surface area (Å²) in [5.74, 6) is 1.09. The molecular formula is C18H20N4O3S. The zero-order valence-electron chi connectivity index (χ0n) is 14.7. The fourth-order valence-electron chi connectivity index (χ4n) is 2.98. The lowest BCUT2D eigenvalue weighted by molar-refractivity contribution is 0.124. The third-order valence-corrected chi connectivity index (χ3v) is 6.07. The lowest BCUT2D eigenvalue weighted by Crippen LogP contribution is -2.44. The molecule has 7 nitrogen and oxygen atoms in total. The molecule has 0 spiro atoms. The van der Waals surface area contributed by atoms with E-state index >= 15 is 0 Å². The van der Waals surface area contributed by atoms with Gasteiger partial charge in [0.15, 0.2) is 0 Å². The van der Waals surface area contributed by atoms with Gasteiger partial charge in [-0.1, -0.05) is 0 Å². The van der Waals surface area contributed by atoms with Crippen molar-refractivity contribution in [2.24, 2.45) is 0 Å². The van der Waals surface area contributed by atoms with Crippen LogP contribution in [0.3, 0.4) is 0 Å². The van der Waals surface area contributed by atoms with E-state index in [0.717, 1.165) is 12.1 Å². The summed E-state index contributed by atoms with van der Waals surface area (Å²) in [6, 6.07) is 9.70. The van der Waals surface area contributed by atoms with Crippen LogP contribution in [-0.2, 0) is 10.0 Å². The number of aromatic nitrogens is 2. The summed E-state index contributed by atoms with van der Waals surface area (Å²) in [7, 11) is -3.62. The molecule has 0 aliphatic carbocycles. The van der Waals surface area contributed by atoms with Gasteiger partial charge in [-0.15, -0.1) is 0 Å². The van der Waals surface area contributed by atoms with Gasteiger partial charge in [0.2, 0.25) is 15.9 Å². The number of rotatable bonds is 4. The molecule has 1 aromatic carbocycles. The van der Waals surface area contributed by atoms with Crippen LogP contribution < -0.4 is 4.74 Å². The molecule has 2 heterocycles. The van der Waals surface area contributed by atoms with Crippen molar-refractivity contribution in [3.05, 3.63) is 47.4 Å². The van der Waals surface area contributed by atoms with Crippen LogP contribution in [0.15, 0.2) is 35.2 Å². The molecule has 3 rings (SSSR count). The fourth-order valence-corrected chi connectivity index (χ4v) is 4.49. The molecule has 0 amide bonds. The second-order valence-corrected chi connectivity index (χ2v) is 8.21. The Morgan fingerprint density at radius 2 is 1.96 bits per heavy atom. The number of ether oxygens (including phenoxy) is 1. The minimum absolute atomic E-state index is 0.186. The van der Waals surface area contributed by atoms with Crippen molar-refractivity contribution in [2.45, 2.75) is 37.7 Å². The van der Waals surface area contributed by atoms with Crippen LogP contribution in [-0.4, -0.2) is 41.9 Å². The molecule has 8 heteroatoms. The van der Waals surface area contributed by atoms with Crippen LogP contribution in [0.4, 0.5) is 0 Å². The minimum Gasteiger partial charge on any atom is -0.473 e. The highest BCUT2D eigenvalue weighted by Crippen LogP contribution is 2.23. The van der Waals surface area contributed by atoms with Gasteiger partial charge in [-0.25, -0.2) is 13.4 Å². The van der Waals surface area contributed by atoms with E-state index in [1.807, 2.05) is 13.0 Å². The van der Waals surface area contributed by atoms with Crippen LogP contribution in [0.2, 0.25) is 0 Å². The first-order chi connectivity index (χ1) is 12.4. The highest BCUT2D eigenvalue weighted by Gasteiger charge is 2.31. The molecule has 1 saturated heterocycles. The normalized spacial score (nSPS) is 18.3. The quantitative estimate of drug-likeness (QED) is 0.816. The summed E-state index contributed by atoms with van der Waals surface area (Å²) in [4.78, 5) is 8.66. The van der Waals surface area contributed by atoms with E-state index in [2.05, 4.69) is 9.97 Å². The van der Waals surface area contributed by atoms with E-state index in [4.69, 9.17) is 10.00 Å². The summed E-state index contributed by atoms with van der Waals surface area (Å²) >= 11 is 0. The zero-order chi connectivity index (χ0) is 18.7. The molecule has 1 aliphatic rings. The lowest BCUT2D eigenvalue weighted by Gasteiger charge is -2.31. The SMILES string of the molecule is Cc1cc(OC2CCCN(S(=O)(=O)c3ccc(C#N)cc3)C2)nc(C)n1. The van der Waals surface area contributed by atoms with E-state index in [0.29, 0.717) is 30.2 Å². The van der Waals surface area contributed by atoms with Gasteiger partial charge in [0.25, 0.3) is 0 Å². The van der Waals surface area contributed by atoms with E-state index < -0.39 is 10.0 Å². The number of sulfonamides is 1. The number of nitriles is 1. The molecule has 26 heavy (non-hydrogen) atoms. The van der Waals surface area contributed by atoms with E-state index in [9.17, 15) is 8.42 Å². The highest BCUT2D eigenvalue weighted by atomic mass is 32.2. The second kappa shape index (κ2) is 7.40. The summed E-state index contributed by atoms with van der Waals surface area (Å²) in [6.07, 6.45) is 1.22. The Balaban J connectivity index is 1.75. The fraction of sp³-hybridized carbons (Fsp3) is 0.389. The van der Waals surface area contributed by atoms with Crippen molar-refractivity contribution in [1.29, 1.82) is 5.26 Å². The van der Waals surface area contributed by atoms with Crippen molar-refractivity contribution >= 4 is 10.0 Å². The standard InChI is InChI=1S/C18H20N4O3S/c1-13-10-18(21-14(2)20-13)25-16-4-3-9-22(12-16)26(23,24)17-7-5-15(11-19)6-8-17/h5-8,10,16H,3-4,9,12H2,1-2H3.